The monoisotopic (exact) mass is 298 g/mol. The van der Waals surface area contributed by atoms with Gasteiger partial charge in [-0.2, -0.15) is 0 Å². The molecule has 2 aromatic rings. The summed E-state index contributed by atoms with van der Waals surface area (Å²) in [5.74, 6) is 0. The third kappa shape index (κ3) is 1.73. The van der Waals surface area contributed by atoms with Crippen molar-refractivity contribution in [1.82, 2.24) is 0 Å². The quantitative estimate of drug-likeness (QED) is 0.632. The molecule has 0 saturated carbocycles. The molecule has 0 bridgehead atoms. The minimum atomic E-state index is -1.40. The number of hydrogen-bond acceptors (Lipinski definition) is 4. The lowest BCUT2D eigenvalue weighted by Crippen LogP contribution is -2.34. The first-order valence-electron chi connectivity index (χ1n) is 7.05. The maximum atomic E-state index is 12.0. The number of hydrogen-bond donors (Lipinski definition) is 0. The van der Waals surface area contributed by atoms with Gasteiger partial charge in [0, 0.05) is 34.6 Å². The Morgan fingerprint density at radius 2 is 1.68 bits per heavy atom. The Balaban J connectivity index is 2.38. The molecule has 0 aliphatic heterocycles. The summed E-state index contributed by atoms with van der Waals surface area (Å²) in [6.07, 6.45) is 0.919. The molecule has 112 valence electrons. The molecule has 0 N–H and O–H groups in total. The first-order valence-corrected chi connectivity index (χ1v) is 7.05. The summed E-state index contributed by atoms with van der Waals surface area (Å²) in [5.41, 5.74) is 1.04. The number of non-ortho nitro benzene ring substituents is 1. The van der Waals surface area contributed by atoms with Crippen LogP contribution in [0.5, 0.6) is 0 Å². The van der Waals surface area contributed by atoms with Crippen LogP contribution in [0.4, 0.5) is 5.69 Å². The van der Waals surface area contributed by atoms with E-state index in [2.05, 4.69) is 0 Å². The van der Waals surface area contributed by atoms with E-state index in [1.165, 1.54) is 12.1 Å². The predicted molar refractivity (Wildman–Crippen MR) is 81.2 cm³/mol. The fourth-order valence-electron chi connectivity index (χ4n) is 3.37. The Morgan fingerprint density at radius 3 is 2.32 bits per heavy atom. The van der Waals surface area contributed by atoms with Crippen LogP contribution in [0.2, 0.25) is 0 Å². The molecule has 3 rings (SSSR count). The van der Waals surface area contributed by atoms with Crippen LogP contribution in [-0.4, -0.2) is 9.85 Å². The van der Waals surface area contributed by atoms with Gasteiger partial charge in [-0.25, -0.2) is 0 Å². The van der Waals surface area contributed by atoms with Crippen molar-refractivity contribution in [3.05, 3.63) is 73.8 Å². The van der Waals surface area contributed by atoms with Gasteiger partial charge >= 0.3 is 0 Å². The molecule has 0 fully saturated rings. The van der Waals surface area contributed by atoms with Gasteiger partial charge in [0.1, 0.15) is 0 Å². The maximum Gasteiger partial charge on any atom is 0.273 e. The minimum absolute atomic E-state index is 0.117. The zero-order chi connectivity index (χ0) is 15.9. The summed E-state index contributed by atoms with van der Waals surface area (Å²) in [6, 6.07) is 11.6. The van der Waals surface area contributed by atoms with Gasteiger partial charge in [-0.1, -0.05) is 31.2 Å². The highest BCUT2D eigenvalue weighted by Gasteiger charge is 2.53. The van der Waals surface area contributed by atoms with Gasteiger partial charge in [0.15, 0.2) is 0 Å². The largest absolute Gasteiger partial charge is 0.273 e. The van der Waals surface area contributed by atoms with E-state index >= 15 is 0 Å². The molecule has 1 aliphatic rings. The van der Waals surface area contributed by atoms with Crippen LogP contribution in [0.25, 0.3) is 11.1 Å². The van der Waals surface area contributed by atoms with Crippen LogP contribution in [0.3, 0.4) is 0 Å². The average molecular weight is 298 g/mol. The first-order chi connectivity index (χ1) is 10.5. The lowest BCUT2D eigenvalue weighted by Gasteiger charge is -2.22. The molecule has 2 aromatic carbocycles. The molecule has 0 saturated heterocycles. The zero-order valence-electron chi connectivity index (χ0n) is 12.0. The smallest absolute Gasteiger partial charge is 0.263 e. The summed E-state index contributed by atoms with van der Waals surface area (Å²) in [6.45, 7) is 1.88. The Labute approximate surface area is 126 Å². The molecule has 0 radical (unpaired) electrons. The van der Waals surface area contributed by atoms with Crippen molar-refractivity contribution in [3.63, 3.8) is 0 Å². The van der Waals surface area contributed by atoms with Gasteiger partial charge in [-0.05, 0) is 23.6 Å². The second-order valence-electron chi connectivity index (χ2n) is 5.40. The normalized spacial score (nSPS) is 18.6. The molecular weight excluding hydrogens is 284 g/mol. The van der Waals surface area contributed by atoms with Crippen molar-refractivity contribution >= 4 is 5.69 Å². The summed E-state index contributed by atoms with van der Waals surface area (Å²) in [5, 5.41) is 23.0. The van der Waals surface area contributed by atoms with Gasteiger partial charge in [-0.3, -0.25) is 20.2 Å². The van der Waals surface area contributed by atoms with Crippen LogP contribution >= 0.6 is 0 Å². The molecular formula is C16H14N2O4. The van der Waals surface area contributed by atoms with E-state index in [0.717, 1.165) is 5.56 Å². The molecule has 0 amide bonds. The lowest BCUT2D eigenvalue weighted by atomic mass is 9.84. The van der Waals surface area contributed by atoms with Gasteiger partial charge in [0.05, 0.1) is 4.92 Å². The van der Waals surface area contributed by atoms with Crippen molar-refractivity contribution < 1.29 is 9.85 Å². The van der Waals surface area contributed by atoms with E-state index in [4.69, 9.17) is 0 Å². The van der Waals surface area contributed by atoms with Crippen molar-refractivity contribution in [2.24, 2.45) is 0 Å². The molecule has 22 heavy (non-hydrogen) atoms. The van der Waals surface area contributed by atoms with Crippen molar-refractivity contribution in [1.29, 1.82) is 0 Å². The summed E-state index contributed by atoms with van der Waals surface area (Å²) >= 11 is 0. The highest BCUT2D eigenvalue weighted by atomic mass is 16.6. The van der Waals surface area contributed by atoms with Crippen LogP contribution in [0.15, 0.2) is 42.5 Å². The van der Waals surface area contributed by atoms with Crippen LogP contribution in [0, 0.1) is 20.2 Å². The first kappa shape index (κ1) is 14.2. The molecule has 0 spiro atoms. The Kier molecular flexibility index (Phi) is 3.16. The predicted octanol–water partition coefficient (Wildman–Crippen LogP) is 3.90. The van der Waals surface area contributed by atoms with E-state index < -0.39 is 10.5 Å². The van der Waals surface area contributed by atoms with E-state index in [-0.39, 0.29) is 10.6 Å². The SMILES string of the molecule is CCCC1([N+](=O)[O-])c2ccccc2-c2ccc([N+](=O)[O-])cc21. The minimum Gasteiger partial charge on any atom is -0.263 e. The van der Waals surface area contributed by atoms with E-state index in [1.54, 1.807) is 18.2 Å². The number of nitro benzene ring substituents is 1. The number of benzene rings is 2. The number of rotatable bonds is 4. The molecule has 0 aromatic heterocycles. The molecule has 6 heteroatoms. The van der Waals surface area contributed by atoms with Gasteiger partial charge in [-0.15, -0.1) is 0 Å². The average Bonchev–Trinajstić information content (AvgIpc) is 2.79. The van der Waals surface area contributed by atoms with Crippen molar-refractivity contribution in [2.45, 2.75) is 25.3 Å². The fraction of sp³-hybridized carbons (Fsp3) is 0.250. The highest BCUT2D eigenvalue weighted by Crippen LogP contribution is 2.52. The van der Waals surface area contributed by atoms with Gasteiger partial charge in [0.2, 0.25) is 0 Å². The standard InChI is InChI=1S/C16H14N2O4/c1-2-9-16(18(21)22)14-6-4-3-5-12(14)13-8-7-11(17(19)20)10-15(13)16/h3-8,10H,2,9H2,1H3. The second kappa shape index (κ2) is 4.91. The Morgan fingerprint density at radius 1 is 1.00 bits per heavy atom. The fourth-order valence-corrected chi connectivity index (χ4v) is 3.37. The lowest BCUT2D eigenvalue weighted by molar-refractivity contribution is -0.566. The third-order valence-corrected chi connectivity index (χ3v) is 4.25. The van der Waals surface area contributed by atoms with Crippen molar-refractivity contribution in [3.8, 4) is 11.1 Å². The van der Waals surface area contributed by atoms with Gasteiger partial charge < -0.3 is 0 Å². The Bertz CT molecular complexity index is 787. The molecule has 6 nitrogen and oxygen atoms in total. The van der Waals surface area contributed by atoms with E-state index in [1.807, 2.05) is 19.1 Å². The summed E-state index contributed by atoms with van der Waals surface area (Å²) < 4.78 is 0. The Hall–Kier alpha value is -2.76. The summed E-state index contributed by atoms with van der Waals surface area (Å²) in [7, 11) is 0. The van der Waals surface area contributed by atoms with Gasteiger partial charge in [0.25, 0.3) is 11.2 Å². The summed E-state index contributed by atoms with van der Waals surface area (Å²) in [4.78, 5) is 22.2. The molecule has 1 unspecified atom stereocenters. The van der Waals surface area contributed by atoms with Crippen LogP contribution in [-0.2, 0) is 5.54 Å². The maximum absolute atomic E-state index is 12.0. The van der Waals surface area contributed by atoms with E-state index in [0.29, 0.717) is 29.5 Å². The molecule has 1 aliphatic carbocycles. The van der Waals surface area contributed by atoms with E-state index in [9.17, 15) is 20.2 Å². The topological polar surface area (TPSA) is 86.3 Å². The number of nitro groups is 2. The molecule has 1 atom stereocenters. The highest BCUT2D eigenvalue weighted by molar-refractivity contribution is 5.81. The number of nitrogens with zero attached hydrogens (tertiary/aromatic N) is 2. The zero-order valence-corrected chi connectivity index (χ0v) is 12.0. The van der Waals surface area contributed by atoms with Crippen LogP contribution in [0.1, 0.15) is 30.9 Å². The van der Waals surface area contributed by atoms with Crippen molar-refractivity contribution in [2.75, 3.05) is 0 Å². The van der Waals surface area contributed by atoms with Crippen LogP contribution < -0.4 is 0 Å². The number of fused-ring (bicyclic) bond motifs is 3. The third-order valence-electron chi connectivity index (χ3n) is 4.25. The second-order valence-corrected chi connectivity index (χ2v) is 5.40. The molecule has 0 heterocycles.